The Morgan fingerprint density at radius 2 is 1.88 bits per heavy atom. The maximum Gasteiger partial charge on any atom is 0.319 e. The Kier molecular flexibility index (Phi) is 5.72. The third-order valence-corrected chi connectivity index (χ3v) is 3.45. The molecule has 0 unspecified atom stereocenters. The third-order valence-electron chi connectivity index (χ3n) is 3.45. The number of nitrogens with zero attached hydrogens (tertiary/aromatic N) is 3. The molecular formula is C19H19N5O2. The van der Waals surface area contributed by atoms with Crippen molar-refractivity contribution in [1.29, 1.82) is 0 Å². The number of urea groups is 1. The normalized spacial score (nSPS) is 10.2. The van der Waals surface area contributed by atoms with Gasteiger partial charge in [0.25, 0.3) is 0 Å². The number of aromatic nitrogens is 3. The number of carbonyl (C=O) groups excluding carboxylic acids is 1. The van der Waals surface area contributed by atoms with E-state index in [0.29, 0.717) is 30.2 Å². The van der Waals surface area contributed by atoms with E-state index in [4.69, 9.17) is 4.74 Å². The van der Waals surface area contributed by atoms with Crippen LogP contribution < -0.4 is 15.4 Å². The molecule has 3 aromatic rings. The van der Waals surface area contributed by atoms with Gasteiger partial charge in [-0.15, -0.1) is 0 Å². The van der Waals surface area contributed by atoms with Crippen molar-refractivity contribution >= 4 is 11.7 Å². The number of benzene rings is 1. The van der Waals surface area contributed by atoms with E-state index < -0.39 is 0 Å². The Morgan fingerprint density at radius 3 is 2.62 bits per heavy atom. The monoisotopic (exact) mass is 349 g/mol. The van der Waals surface area contributed by atoms with Crippen molar-refractivity contribution in [3.05, 3.63) is 72.6 Å². The average Bonchev–Trinajstić information content (AvgIpc) is 2.64. The van der Waals surface area contributed by atoms with Gasteiger partial charge < -0.3 is 15.4 Å². The number of carbonyl (C=O) groups is 1. The SMILES string of the molecule is Cc1cncc(CCNC(=O)Nc2ccc(Oc3cccnc3)cc2)n1. The fraction of sp³-hybridized carbons (Fsp3) is 0.158. The van der Waals surface area contributed by atoms with Gasteiger partial charge >= 0.3 is 6.03 Å². The van der Waals surface area contributed by atoms with Crippen LogP contribution in [-0.2, 0) is 6.42 Å². The summed E-state index contributed by atoms with van der Waals surface area (Å²) in [6.07, 6.45) is 7.35. The first-order valence-electron chi connectivity index (χ1n) is 8.19. The molecule has 2 amide bonds. The molecule has 7 nitrogen and oxygen atoms in total. The minimum Gasteiger partial charge on any atom is -0.456 e. The second kappa shape index (κ2) is 8.57. The van der Waals surface area contributed by atoms with E-state index in [0.717, 1.165) is 11.4 Å². The fourth-order valence-corrected chi connectivity index (χ4v) is 2.27. The first kappa shape index (κ1) is 17.3. The topological polar surface area (TPSA) is 89.0 Å². The van der Waals surface area contributed by atoms with E-state index in [-0.39, 0.29) is 6.03 Å². The summed E-state index contributed by atoms with van der Waals surface area (Å²) in [6, 6.07) is 10.5. The molecule has 7 heteroatoms. The molecule has 0 fully saturated rings. The lowest BCUT2D eigenvalue weighted by Crippen LogP contribution is -2.30. The van der Waals surface area contributed by atoms with Crippen LogP contribution in [0.3, 0.4) is 0 Å². The van der Waals surface area contributed by atoms with Gasteiger partial charge in [-0.05, 0) is 43.3 Å². The van der Waals surface area contributed by atoms with Crippen molar-refractivity contribution in [1.82, 2.24) is 20.3 Å². The lowest BCUT2D eigenvalue weighted by atomic mass is 10.3. The highest BCUT2D eigenvalue weighted by atomic mass is 16.5. The van der Waals surface area contributed by atoms with Crippen LogP contribution in [0.4, 0.5) is 10.5 Å². The summed E-state index contributed by atoms with van der Waals surface area (Å²) in [5, 5.41) is 5.57. The number of amides is 2. The molecule has 0 aliphatic carbocycles. The second-order valence-corrected chi connectivity index (χ2v) is 5.60. The molecule has 0 saturated heterocycles. The van der Waals surface area contributed by atoms with Crippen LogP contribution in [0.15, 0.2) is 61.2 Å². The highest BCUT2D eigenvalue weighted by molar-refractivity contribution is 5.89. The first-order valence-corrected chi connectivity index (χ1v) is 8.19. The van der Waals surface area contributed by atoms with Crippen molar-refractivity contribution < 1.29 is 9.53 Å². The van der Waals surface area contributed by atoms with Crippen molar-refractivity contribution in [3.63, 3.8) is 0 Å². The molecule has 0 radical (unpaired) electrons. The Balaban J connectivity index is 1.45. The molecule has 2 aromatic heterocycles. The lowest BCUT2D eigenvalue weighted by Gasteiger charge is -2.09. The largest absolute Gasteiger partial charge is 0.456 e. The maximum atomic E-state index is 11.9. The molecule has 2 N–H and O–H groups in total. The molecule has 0 saturated carbocycles. The Bertz CT molecular complexity index is 853. The predicted octanol–water partition coefficient (Wildman–Crippen LogP) is 3.34. The van der Waals surface area contributed by atoms with Gasteiger partial charge in [0, 0.05) is 37.2 Å². The standard InChI is InChI=1S/C19H19N5O2/c1-14-11-21-12-16(23-14)8-10-22-19(25)24-15-4-6-17(7-5-15)26-18-3-2-9-20-13-18/h2-7,9,11-13H,8,10H2,1H3,(H2,22,24,25). The summed E-state index contributed by atoms with van der Waals surface area (Å²) in [5.41, 5.74) is 2.39. The van der Waals surface area contributed by atoms with Crippen LogP contribution in [0.2, 0.25) is 0 Å². The minimum atomic E-state index is -0.272. The van der Waals surface area contributed by atoms with Gasteiger partial charge in [0.05, 0.1) is 17.6 Å². The van der Waals surface area contributed by atoms with Gasteiger partial charge in [-0.2, -0.15) is 0 Å². The maximum absolute atomic E-state index is 11.9. The summed E-state index contributed by atoms with van der Waals surface area (Å²) < 4.78 is 5.66. The smallest absolute Gasteiger partial charge is 0.319 e. The quantitative estimate of drug-likeness (QED) is 0.712. The van der Waals surface area contributed by atoms with Gasteiger partial charge in [-0.25, -0.2) is 4.79 Å². The summed E-state index contributed by atoms with van der Waals surface area (Å²) in [7, 11) is 0. The van der Waals surface area contributed by atoms with Crippen molar-refractivity contribution in [2.45, 2.75) is 13.3 Å². The first-order chi connectivity index (χ1) is 12.7. The number of rotatable bonds is 6. The van der Waals surface area contributed by atoms with Crippen LogP contribution in [0, 0.1) is 6.92 Å². The minimum absolute atomic E-state index is 0.272. The van der Waals surface area contributed by atoms with Crippen LogP contribution in [0.1, 0.15) is 11.4 Å². The number of pyridine rings is 1. The molecule has 2 heterocycles. The van der Waals surface area contributed by atoms with E-state index in [2.05, 4.69) is 25.6 Å². The average molecular weight is 349 g/mol. The zero-order valence-electron chi connectivity index (χ0n) is 14.3. The molecule has 0 atom stereocenters. The van der Waals surface area contributed by atoms with Crippen LogP contribution in [-0.4, -0.2) is 27.5 Å². The molecule has 26 heavy (non-hydrogen) atoms. The van der Waals surface area contributed by atoms with Crippen molar-refractivity contribution in [3.8, 4) is 11.5 Å². The van der Waals surface area contributed by atoms with Gasteiger partial charge in [-0.3, -0.25) is 15.0 Å². The zero-order chi connectivity index (χ0) is 18.2. The molecule has 0 spiro atoms. The number of hydrogen-bond donors (Lipinski definition) is 2. The summed E-state index contributed by atoms with van der Waals surface area (Å²) in [6.45, 7) is 2.37. The summed E-state index contributed by atoms with van der Waals surface area (Å²) in [4.78, 5) is 24.4. The number of hydrogen-bond acceptors (Lipinski definition) is 5. The lowest BCUT2D eigenvalue weighted by molar-refractivity contribution is 0.252. The van der Waals surface area contributed by atoms with E-state index >= 15 is 0 Å². The third kappa shape index (κ3) is 5.27. The summed E-state index contributed by atoms with van der Waals surface area (Å²) in [5.74, 6) is 1.33. The van der Waals surface area contributed by atoms with Gasteiger partial charge in [-0.1, -0.05) is 0 Å². The van der Waals surface area contributed by atoms with Gasteiger partial charge in [0.1, 0.15) is 11.5 Å². The molecule has 0 aliphatic rings. The molecular weight excluding hydrogens is 330 g/mol. The van der Waals surface area contributed by atoms with E-state index in [1.165, 1.54) is 0 Å². The van der Waals surface area contributed by atoms with E-state index in [1.54, 1.807) is 55.1 Å². The molecule has 132 valence electrons. The van der Waals surface area contributed by atoms with E-state index in [1.807, 2.05) is 13.0 Å². The van der Waals surface area contributed by atoms with Crippen LogP contribution in [0.5, 0.6) is 11.5 Å². The van der Waals surface area contributed by atoms with Crippen LogP contribution >= 0.6 is 0 Å². The zero-order valence-corrected chi connectivity index (χ0v) is 14.3. The predicted molar refractivity (Wildman–Crippen MR) is 98.2 cm³/mol. The Labute approximate surface area is 151 Å². The van der Waals surface area contributed by atoms with Gasteiger partial charge in [0.15, 0.2) is 0 Å². The Hall–Kier alpha value is -3.48. The van der Waals surface area contributed by atoms with Crippen LogP contribution in [0.25, 0.3) is 0 Å². The highest BCUT2D eigenvalue weighted by Crippen LogP contribution is 2.21. The molecule has 0 aliphatic heterocycles. The second-order valence-electron chi connectivity index (χ2n) is 5.60. The van der Waals surface area contributed by atoms with Crippen molar-refractivity contribution in [2.24, 2.45) is 0 Å². The van der Waals surface area contributed by atoms with E-state index in [9.17, 15) is 4.79 Å². The number of nitrogens with one attached hydrogen (secondary N) is 2. The molecule has 0 bridgehead atoms. The molecule has 3 rings (SSSR count). The number of anilines is 1. The number of aryl methyl sites for hydroxylation is 1. The van der Waals surface area contributed by atoms with Crippen molar-refractivity contribution in [2.75, 3.05) is 11.9 Å². The highest BCUT2D eigenvalue weighted by Gasteiger charge is 2.03. The summed E-state index contributed by atoms with van der Waals surface area (Å²) >= 11 is 0. The fourth-order valence-electron chi connectivity index (χ4n) is 2.27. The number of ether oxygens (including phenoxy) is 1. The Morgan fingerprint density at radius 1 is 1.04 bits per heavy atom. The molecule has 1 aromatic carbocycles. The van der Waals surface area contributed by atoms with Gasteiger partial charge in [0.2, 0.25) is 0 Å².